The van der Waals surface area contributed by atoms with Gasteiger partial charge in [-0.25, -0.2) is 4.39 Å². The van der Waals surface area contributed by atoms with Crippen molar-refractivity contribution in [3.8, 4) is 0 Å². The Kier molecular flexibility index (Phi) is 6.55. The van der Waals surface area contributed by atoms with Crippen LogP contribution in [0, 0.1) is 5.82 Å². The third kappa shape index (κ3) is 6.09. The second-order valence-electron chi connectivity index (χ2n) is 5.98. The van der Waals surface area contributed by atoms with Gasteiger partial charge in [0.2, 0.25) is 0 Å². The molecule has 4 nitrogen and oxygen atoms in total. The van der Waals surface area contributed by atoms with Crippen LogP contribution in [0.4, 0.5) is 17.6 Å². The number of halogens is 4. The number of rotatable bonds is 7. The van der Waals surface area contributed by atoms with E-state index in [4.69, 9.17) is 5.11 Å². The van der Waals surface area contributed by atoms with Crippen molar-refractivity contribution in [2.24, 2.45) is 0 Å². The lowest BCUT2D eigenvalue weighted by Gasteiger charge is -2.20. The summed E-state index contributed by atoms with van der Waals surface area (Å²) in [5.74, 6) is -3.22. The summed E-state index contributed by atoms with van der Waals surface area (Å²) < 4.78 is 52.5. The van der Waals surface area contributed by atoms with Crippen molar-refractivity contribution in [3.63, 3.8) is 0 Å². The molecule has 0 radical (unpaired) electrons. The highest BCUT2D eigenvalue weighted by atomic mass is 19.4. The maximum atomic E-state index is 13.2. The molecule has 8 heteroatoms. The molecule has 1 unspecified atom stereocenters. The van der Waals surface area contributed by atoms with Crippen LogP contribution in [0.2, 0.25) is 0 Å². The van der Waals surface area contributed by atoms with Crippen LogP contribution in [-0.2, 0) is 17.4 Å². The number of benzene rings is 2. The summed E-state index contributed by atoms with van der Waals surface area (Å²) in [7, 11) is 0. The predicted octanol–water partition coefficient (Wildman–Crippen LogP) is 4.05. The number of carbonyl (C=O) groups is 2. The van der Waals surface area contributed by atoms with E-state index in [0.717, 1.165) is 17.7 Å². The van der Waals surface area contributed by atoms with E-state index in [1.165, 1.54) is 0 Å². The first-order chi connectivity index (χ1) is 12.7. The SMILES string of the molecule is O=C(O)CCC(Cc1ccccc1)NC(=O)c1ccc(F)cc1C(F)(F)F. The highest BCUT2D eigenvalue weighted by Gasteiger charge is 2.36. The molecular weight excluding hydrogens is 366 g/mol. The zero-order valence-corrected chi connectivity index (χ0v) is 14.1. The average Bonchev–Trinajstić information content (AvgIpc) is 2.59. The van der Waals surface area contributed by atoms with E-state index in [2.05, 4.69) is 5.32 Å². The third-order valence-electron chi connectivity index (χ3n) is 3.90. The first-order valence-corrected chi connectivity index (χ1v) is 8.10. The Morgan fingerprint density at radius 1 is 1.07 bits per heavy atom. The molecule has 0 aliphatic rings. The Morgan fingerprint density at radius 3 is 2.33 bits per heavy atom. The van der Waals surface area contributed by atoms with Gasteiger partial charge in [0.15, 0.2) is 0 Å². The number of aliphatic carboxylic acids is 1. The fourth-order valence-electron chi connectivity index (χ4n) is 2.63. The van der Waals surface area contributed by atoms with Crippen molar-refractivity contribution in [2.45, 2.75) is 31.5 Å². The number of carbonyl (C=O) groups excluding carboxylic acids is 1. The molecule has 1 atom stereocenters. The number of carboxylic acid groups (broad SMARTS) is 1. The van der Waals surface area contributed by atoms with Crippen LogP contribution in [0.15, 0.2) is 48.5 Å². The molecule has 0 heterocycles. The third-order valence-corrected chi connectivity index (χ3v) is 3.90. The maximum absolute atomic E-state index is 13.2. The number of carboxylic acids is 1. The van der Waals surface area contributed by atoms with Crippen LogP contribution in [0.3, 0.4) is 0 Å². The lowest BCUT2D eigenvalue weighted by atomic mass is 10.00. The number of hydrogen-bond acceptors (Lipinski definition) is 2. The van der Waals surface area contributed by atoms with Crippen molar-refractivity contribution in [3.05, 3.63) is 71.0 Å². The lowest BCUT2D eigenvalue weighted by Crippen LogP contribution is -2.37. The van der Waals surface area contributed by atoms with E-state index in [1.54, 1.807) is 30.3 Å². The summed E-state index contributed by atoms with van der Waals surface area (Å²) >= 11 is 0. The molecule has 0 fully saturated rings. The Bertz CT molecular complexity index is 806. The van der Waals surface area contributed by atoms with Gasteiger partial charge in [-0.2, -0.15) is 13.2 Å². The summed E-state index contributed by atoms with van der Waals surface area (Å²) in [4.78, 5) is 23.2. The minimum atomic E-state index is -4.90. The Morgan fingerprint density at radius 2 is 1.74 bits per heavy atom. The topological polar surface area (TPSA) is 66.4 Å². The van der Waals surface area contributed by atoms with Crippen molar-refractivity contribution < 1.29 is 32.3 Å². The van der Waals surface area contributed by atoms with Crippen LogP contribution < -0.4 is 5.32 Å². The lowest BCUT2D eigenvalue weighted by molar-refractivity contribution is -0.138. The van der Waals surface area contributed by atoms with Gasteiger partial charge < -0.3 is 10.4 Å². The van der Waals surface area contributed by atoms with Crippen LogP contribution >= 0.6 is 0 Å². The number of amides is 1. The van der Waals surface area contributed by atoms with Crippen LogP contribution in [0.5, 0.6) is 0 Å². The van der Waals surface area contributed by atoms with E-state index >= 15 is 0 Å². The summed E-state index contributed by atoms with van der Waals surface area (Å²) in [6.45, 7) is 0. The average molecular weight is 383 g/mol. The molecule has 0 saturated carbocycles. The van der Waals surface area contributed by atoms with Crippen LogP contribution in [-0.4, -0.2) is 23.0 Å². The molecule has 0 aliphatic carbocycles. The first-order valence-electron chi connectivity index (χ1n) is 8.10. The summed E-state index contributed by atoms with van der Waals surface area (Å²) in [5.41, 5.74) is -1.29. The molecule has 27 heavy (non-hydrogen) atoms. The molecular formula is C19H17F4NO3. The van der Waals surface area contributed by atoms with Gasteiger partial charge in [0.1, 0.15) is 5.82 Å². The van der Waals surface area contributed by atoms with Gasteiger partial charge in [-0.05, 0) is 36.6 Å². The quantitative estimate of drug-likeness (QED) is 0.709. The molecule has 0 spiro atoms. The van der Waals surface area contributed by atoms with Gasteiger partial charge in [0, 0.05) is 12.5 Å². The van der Waals surface area contributed by atoms with E-state index in [-0.39, 0.29) is 25.3 Å². The molecule has 1 amide bonds. The fraction of sp³-hybridized carbons (Fsp3) is 0.263. The molecule has 2 aromatic carbocycles. The molecule has 144 valence electrons. The van der Waals surface area contributed by atoms with Crippen molar-refractivity contribution in [2.75, 3.05) is 0 Å². The van der Waals surface area contributed by atoms with Crippen molar-refractivity contribution in [1.29, 1.82) is 0 Å². The zero-order chi connectivity index (χ0) is 20.0. The molecule has 2 N–H and O–H groups in total. The minimum Gasteiger partial charge on any atom is -0.481 e. The summed E-state index contributed by atoms with van der Waals surface area (Å²) in [6.07, 6.45) is -4.86. The Labute approximate surface area is 152 Å². The molecule has 2 aromatic rings. The van der Waals surface area contributed by atoms with Gasteiger partial charge in [-0.1, -0.05) is 30.3 Å². The van der Waals surface area contributed by atoms with E-state index < -0.39 is 41.0 Å². The second-order valence-corrected chi connectivity index (χ2v) is 5.98. The first kappa shape index (κ1) is 20.4. The molecule has 0 bridgehead atoms. The zero-order valence-electron chi connectivity index (χ0n) is 14.1. The van der Waals surface area contributed by atoms with Crippen LogP contribution in [0.25, 0.3) is 0 Å². The van der Waals surface area contributed by atoms with Gasteiger partial charge in [-0.3, -0.25) is 9.59 Å². The highest BCUT2D eigenvalue weighted by molar-refractivity contribution is 5.96. The standard InChI is InChI=1S/C19H17F4NO3/c20-13-6-8-15(16(11-13)19(21,22)23)18(27)24-14(7-9-17(25)26)10-12-4-2-1-3-5-12/h1-6,8,11,14H,7,9-10H2,(H,24,27)(H,25,26). The summed E-state index contributed by atoms with van der Waals surface area (Å²) in [5, 5.41) is 11.3. The number of alkyl halides is 3. The highest BCUT2D eigenvalue weighted by Crippen LogP contribution is 2.32. The molecule has 0 aromatic heterocycles. The molecule has 2 rings (SSSR count). The second kappa shape index (κ2) is 8.66. The van der Waals surface area contributed by atoms with Gasteiger partial charge in [0.25, 0.3) is 5.91 Å². The van der Waals surface area contributed by atoms with Crippen LogP contribution in [0.1, 0.15) is 34.3 Å². The van der Waals surface area contributed by atoms with Gasteiger partial charge in [-0.15, -0.1) is 0 Å². The maximum Gasteiger partial charge on any atom is 0.417 e. The monoisotopic (exact) mass is 383 g/mol. The normalized spacial score (nSPS) is 12.4. The fourth-order valence-corrected chi connectivity index (χ4v) is 2.63. The van der Waals surface area contributed by atoms with Crippen molar-refractivity contribution >= 4 is 11.9 Å². The van der Waals surface area contributed by atoms with Gasteiger partial charge in [0.05, 0.1) is 11.1 Å². The minimum absolute atomic E-state index is 0.0402. The Balaban J connectivity index is 2.23. The molecule has 0 aliphatic heterocycles. The van der Waals surface area contributed by atoms with Gasteiger partial charge >= 0.3 is 12.1 Å². The largest absolute Gasteiger partial charge is 0.481 e. The summed E-state index contributed by atoms with van der Waals surface area (Å²) in [6, 6.07) is 9.93. The predicted molar refractivity (Wildman–Crippen MR) is 89.7 cm³/mol. The van der Waals surface area contributed by atoms with E-state index in [1.807, 2.05) is 0 Å². The van der Waals surface area contributed by atoms with E-state index in [0.29, 0.717) is 0 Å². The Hall–Kier alpha value is -2.90. The number of nitrogens with one attached hydrogen (secondary N) is 1. The van der Waals surface area contributed by atoms with E-state index in [9.17, 15) is 27.2 Å². The van der Waals surface area contributed by atoms with Crippen molar-refractivity contribution in [1.82, 2.24) is 5.32 Å². The smallest absolute Gasteiger partial charge is 0.417 e. The number of hydrogen-bond donors (Lipinski definition) is 2. The molecule has 0 saturated heterocycles.